The average molecular weight is 427 g/mol. The van der Waals surface area contributed by atoms with Crippen LogP contribution in [0.1, 0.15) is 40.7 Å². The number of ether oxygens (including phenoxy) is 1. The number of rotatable bonds is 10. The highest BCUT2D eigenvalue weighted by atomic mass is 32.1. The summed E-state index contributed by atoms with van der Waals surface area (Å²) in [6.45, 7) is 5.05. The fourth-order valence-electron chi connectivity index (χ4n) is 3.06. The van der Waals surface area contributed by atoms with E-state index in [1.165, 1.54) is 11.3 Å². The normalized spacial score (nSPS) is 10.7. The lowest BCUT2D eigenvalue weighted by molar-refractivity contribution is -0.118. The third-order valence-electron chi connectivity index (χ3n) is 4.59. The molecule has 0 aliphatic rings. The van der Waals surface area contributed by atoms with Crippen molar-refractivity contribution in [2.45, 2.75) is 39.7 Å². The Balaban J connectivity index is 1.73. The second-order valence-corrected chi connectivity index (χ2v) is 7.96. The molecule has 0 aliphatic heterocycles. The minimum atomic E-state index is -0.452. The molecule has 0 radical (unpaired) electrons. The molecule has 2 heterocycles. The molecule has 0 spiro atoms. The van der Waals surface area contributed by atoms with Crippen molar-refractivity contribution in [3.63, 3.8) is 0 Å². The first kappa shape index (κ1) is 21.7. The van der Waals surface area contributed by atoms with Crippen LogP contribution in [-0.2, 0) is 22.5 Å². The quantitative estimate of drug-likeness (QED) is 0.460. The molecule has 3 rings (SSSR count). The van der Waals surface area contributed by atoms with Crippen LogP contribution in [-0.4, -0.2) is 39.8 Å². The number of aryl methyl sites for hydroxylation is 2. The molecule has 0 unspecified atom stereocenters. The van der Waals surface area contributed by atoms with E-state index in [1.807, 2.05) is 54.2 Å². The first-order valence-electron chi connectivity index (χ1n) is 10.0. The molecule has 7 nitrogen and oxygen atoms in total. The lowest BCUT2D eigenvalue weighted by atomic mass is 10.1. The molecule has 1 amide bonds. The summed E-state index contributed by atoms with van der Waals surface area (Å²) in [6.07, 6.45) is 5.37. The van der Waals surface area contributed by atoms with Gasteiger partial charge in [0.1, 0.15) is 0 Å². The molecule has 0 atom stereocenters. The Hall–Kier alpha value is -3.00. The van der Waals surface area contributed by atoms with Gasteiger partial charge in [0.15, 0.2) is 10.8 Å². The van der Waals surface area contributed by atoms with Gasteiger partial charge in [-0.15, -0.1) is 11.3 Å². The highest BCUT2D eigenvalue weighted by molar-refractivity contribution is 7.16. The molecule has 3 aromatic rings. The number of amides is 1. The van der Waals surface area contributed by atoms with Gasteiger partial charge in [0.2, 0.25) is 5.91 Å². The summed E-state index contributed by atoms with van der Waals surface area (Å²) in [4.78, 5) is 32.1. The number of hydrogen-bond acceptors (Lipinski definition) is 6. The number of nitrogens with zero attached hydrogens (tertiary/aromatic N) is 4. The molecule has 0 fully saturated rings. The van der Waals surface area contributed by atoms with Gasteiger partial charge < -0.3 is 4.74 Å². The van der Waals surface area contributed by atoms with E-state index in [0.717, 1.165) is 10.4 Å². The second kappa shape index (κ2) is 10.7. The van der Waals surface area contributed by atoms with E-state index in [9.17, 15) is 9.59 Å². The van der Waals surface area contributed by atoms with Gasteiger partial charge >= 0.3 is 5.97 Å². The van der Waals surface area contributed by atoms with Crippen LogP contribution in [0.4, 0.5) is 5.13 Å². The topological polar surface area (TPSA) is 77.3 Å². The number of esters is 1. The van der Waals surface area contributed by atoms with Crippen molar-refractivity contribution < 1.29 is 14.3 Å². The Bertz CT molecular complexity index is 954. The maximum absolute atomic E-state index is 13.1. The molecule has 1 aromatic carbocycles. The van der Waals surface area contributed by atoms with E-state index >= 15 is 0 Å². The third kappa shape index (κ3) is 5.76. The monoisotopic (exact) mass is 426 g/mol. The second-order valence-electron chi connectivity index (χ2n) is 6.78. The highest BCUT2D eigenvalue weighted by Gasteiger charge is 2.23. The Kier molecular flexibility index (Phi) is 7.73. The van der Waals surface area contributed by atoms with E-state index in [-0.39, 0.29) is 18.2 Å². The maximum Gasteiger partial charge on any atom is 0.358 e. The van der Waals surface area contributed by atoms with Gasteiger partial charge in [-0.3, -0.25) is 14.4 Å². The smallest absolute Gasteiger partial charge is 0.358 e. The van der Waals surface area contributed by atoms with Crippen molar-refractivity contribution in [2.24, 2.45) is 0 Å². The van der Waals surface area contributed by atoms with Crippen LogP contribution in [0.5, 0.6) is 0 Å². The van der Waals surface area contributed by atoms with Gasteiger partial charge in [0.05, 0.1) is 6.61 Å². The molecule has 158 valence electrons. The third-order valence-corrected chi connectivity index (χ3v) is 5.58. The summed E-state index contributed by atoms with van der Waals surface area (Å²) in [5, 5.41) is 4.71. The Morgan fingerprint density at radius 3 is 2.70 bits per heavy atom. The number of carbonyl (C=O) groups excluding carboxylic acids is 2. The predicted molar refractivity (Wildman–Crippen MR) is 117 cm³/mol. The summed E-state index contributed by atoms with van der Waals surface area (Å²) in [6, 6.07) is 11.9. The molecule has 8 heteroatoms. The van der Waals surface area contributed by atoms with E-state index in [2.05, 4.69) is 10.1 Å². The number of benzene rings is 1. The van der Waals surface area contributed by atoms with Crippen LogP contribution >= 0.6 is 11.3 Å². The fourth-order valence-corrected chi connectivity index (χ4v) is 4.00. The fraction of sp³-hybridized carbons (Fsp3) is 0.364. The highest BCUT2D eigenvalue weighted by Crippen LogP contribution is 2.27. The summed E-state index contributed by atoms with van der Waals surface area (Å²) in [5.74, 6) is -0.464. The van der Waals surface area contributed by atoms with Crippen LogP contribution in [0.25, 0.3) is 0 Å². The molecule has 0 saturated carbocycles. The van der Waals surface area contributed by atoms with Crippen molar-refractivity contribution in [2.75, 3.05) is 18.1 Å². The summed E-state index contributed by atoms with van der Waals surface area (Å²) >= 11 is 1.35. The van der Waals surface area contributed by atoms with Crippen molar-refractivity contribution in [3.05, 3.63) is 64.9 Å². The molecule has 0 N–H and O–H groups in total. The standard InChI is InChI=1S/C22H26N4O3S/c1-3-29-21(28)20-17(2)30-22(24-20)26(16-12-18-9-5-4-6-10-18)19(27)11-7-14-25-15-8-13-23-25/h4-6,8-10,13,15H,3,7,11-12,14,16H2,1-2H3. The van der Waals surface area contributed by atoms with Gasteiger partial charge in [0, 0.05) is 36.8 Å². The van der Waals surface area contributed by atoms with Gasteiger partial charge in [-0.05, 0) is 38.3 Å². The van der Waals surface area contributed by atoms with Crippen LogP contribution in [0.3, 0.4) is 0 Å². The Labute approximate surface area is 180 Å². The minimum Gasteiger partial charge on any atom is -0.461 e. The summed E-state index contributed by atoms with van der Waals surface area (Å²) < 4.78 is 6.90. The average Bonchev–Trinajstić information content (AvgIpc) is 3.39. The molecule has 0 saturated heterocycles. The number of hydrogen-bond donors (Lipinski definition) is 0. The Morgan fingerprint density at radius 2 is 2.00 bits per heavy atom. The van der Waals surface area contributed by atoms with E-state index in [4.69, 9.17) is 4.74 Å². The minimum absolute atomic E-state index is 0.0118. The van der Waals surface area contributed by atoms with E-state index < -0.39 is 5.97 Å². The van der Waals surface area contributed by atoms with Crippen LogP contribution in [0, 0.1) is 6.92 Å². The van der Waals surface area contributed by atoms with Gasteiger partial charge in [-0.2, -0.15) is 5.10 Å². The lowest BCUT2D eigenvalue weighted by Crippen LogP contribution is -2.33. The number of aromatic nitrogens is 3. The first-order valence-corrected chi connectivity index (χ1v) is 10.9. The van der Waals surface area contributed by atoms with Crippen LogP contribution in [0.2, 0.25) is 0 Å². The van der Waals surface area contributed by atoms with E-state index in [1.54, 1.807) is 18.0 Å². The van der Waals surface area contributed by atoms with Gasteiger partial charge in [-0.25, -0.2) is 9.78 Å². The maximum atomic E-state index is 13.1. The van der Waals surface area contributed by atoms with Gasteiger partial charge in [-0.1, -0.05) is 30.3 Å². The van der Waals surface area contributed by atoms with Crippen molar-refractivity contribution >= 4 is 28.3 Å². The number of carbonyl (C=O) groups is 2. The van der Waals surface area contributed by atoms with Crippen LogP contribution < -0.4 is 4.90 Å². The molecule has 0 aliphatic carbocycles. The van der Waals surface area contributed by atoms with Crippen molar-refractivity contribution in [3.8, 4) is 0 Å². The van der Waals surface area contributed by atoms with Gasteiger partial charge in [0.25, 0.3) is 0 Å². The summed E-state index contributed by atoms with van der Waals surface area (Å²) in [7, 11) is 0. The van der Waals surface area contributed by atoms with Crippen LogP contribution in [0.15, 0.2) is 48.8 Å². The molecular formula is C22H26N4O3S. The number of thiazole rings is 1. The molecule has 0 bridgehead atoms. The Morgan fingerprint density at radius 1 is 1.20 bits per heavy atom. The van der Waals surface area contributed by atoms with Crippen molar-refractivity contribution in [1.82, 2.24) is 14.8 Å². The number of anilines is 1. The lowest BCUT2D eigenvalue weighted by Gasteiger charge is -2.20. The molecular weight excluding hydrogens is 400 g/mol. The molecule has 2 aromatic heterocycles. The largest absolute Gasteiger partial charge is 0.461 e. The summed E-state index contributed by atoms with van der Waals surface area (Å²) in [5.41, 5.74) is 1.43. The SMILES string of the molecule is CCOC(=O)c1nc(N(CCc2ccccc2)C(=O)CCCn2cccn2)sc1C. The molecule has 30 heavy (non-hydrogen) atoms. The van der Waals surface area contributed by atoms with E-state index in [0.29, 0.717) is 37.5 Å². The zero-order valence-corrected chi connectivity index (χ0v) is 18.1. The predicted octanol–water partition coefficient (Wildman–Crippen LogP) is 3.88. The first-order chi connectivity index (χ1) is 14.6. The van der Waals surface area contributed by atoms with Crippen molar-refractivity contribution in [1.29, 1.82) is 0 Å². The zero-order chi connectivity index (χ0) is 21.3. The zero-order valence-electron chi connectivity index (χ0n) is 17.3.